The van der Waals surface area contributed by atoms with Crippen molar-refractivity contribution < 1.29 is 9.59 Å². The number of anilines is 1. The number of rotatable bonds is 3. The Hall–Kier alpha value is -2.30. The maximum atomic E-state index is 12.6. The van der Waals surface area contributed by atoms with Crippen molar-refractivity contribution in [3.63, 3.8) is 0 Å². The van der Waals surface area contributed by atoms with Crippen LogP contribution in [0.2, 0.25) is 0 Å². The van der Waals surface area contributed by atoms with E-state index >= 15 is 0 Å². The van der Waals surface area contributed by atoms with Gasteiger partial charge in [-0.05, 0) is 48.0 Å². The van der Waals surface area contributed by atoms with E-state index in [0.717, 1.165) is 22.9 Å². The Morgan fingerprint density at radius 2 is 1.71 bits per heavy atom. The monoisotopic (exact) mass is 355 g/mol. The van der Waals surface area contributed by atoms with Gasteiger partial charge in [-0.15, -0.1) is 0 Å². The molecule has 0 bridgehead atoms. The molecule has 0 unspecified atom stereocenters. The van der Waals surface area contributed by atoms with Crippen LogP contribution in [0.5, 0.6) is 0 Å². The predicted octanol–water partition coefficient (Wildman–Crippen LogP) is 5.36. The first-order chi connectivity index (χ1) is 11.6. The number of carbonyl (C=O) groups excluding carboxylic acids is 2. The molecule has 2 aromatic carbocycles. The molecule has 5 heteroatoms. The molecule has 3 nitrogen and oxygen atoms in total. The fraction of sp³-hybridized carbons (Fsp3) is 0.0526. The molecule has 0 N–H and O–H groups in total. The third kappa shape index (κ3) is 3.45. The number of hydrogen-bond donors (Lipinski definition) is 0. The molecule has 0 atom stereocenters. The number of hydrogen-bond acceptors (Lipinski definition) is 3. The van der Waals surface area contributed by atoms with Crippen LogP contribution < -0.4 is 4.90 Å². The van der Waals surface area contributed by atoms with Crippen LogP contribution in [-0.4, -0.2) is 11.1 Å². The van der Waals surface area contributed by atoms with Crippen molar-refractivity contribution in [3.05, 3.63) is 81.7 Å². The quantitative estimate of drug-likeness (QED) is 0.695. The van der Waals surface area contributed by atoms with Gasteiger partial charge in [-0.2, -0.15) is 0 Å². The zero-order valence-corrected chi connectivity index (χ0v) is 14.5. The number of para-hydroxylation sites is 1. The molecular formula is C19H14ClNO2S. The minimum Gasteiger partial charge on any atom is -0.268 e. The summed E-state index contributed by atoms with van der Waals surface area (Å²) in [6.07, 6.45) is 3.29. The fourth-order valence-corrected chi connectivity index (χ4v) is 3.49. The van der Waals surface area contributed by atoms with Crippen LogP contribution in [0.15, 0.2) is 70.6 Å². The number of nitrogens with zero attached hydrogens (tertiary/aromatic N) is 1. The average molecular weight is 356 g/mol. The lowest BCUT2D eigenvalue weighted by molar-refractivity contribution is -0.113. The number of benzene rings is 2. The second-order valence-corrected chi connectivity index (χ2v) is 6.67. The minimum atomic E-state index is -0.348. The Morgan fingerprint density at radius 1 is 1.04 bits per heavy atom. The second kappa shape index (κ2) is 7.07. The van der Waals surface area contributed by atoms with Crippen molar-refractivity contribution in [1.29, 1.82) is 0 Å². The van der Waals surface area contributed by atoms with E-state index in [9.17, 15) is 9.59 Å². The van der Waals surface area contributed by atoms with Gasteiger partial charge in [-0.3, -0.25) is 9.59 Å². The molecule has 2 amide bonds. The molecular weight excluding hydrogens is 342 g/mol. The zero-order chi connectivity index (χ0) is 17.1. The van der Waals surface area contributed by atoms with Gasteiger partial charge in [-0.1, -0.05) is 60.1 Å². The smallest absolute Gasteiger partial charge is 0.268 e. The summed E-state index contributed by atoms with van der Waals surface area (Å²) in [5.41, 5.74) is 2.40. The first kappa shape index (κ1) is 16.6. The molecule has 2 aromatic rings. The van der Waals surface area contributed by atoms with Gasteiger partial charge in [0.2, 0.25) is 0 Å². The van der Waals surface area contributed by atoms with Gasteiger partial charge >= 0.3 is 0 Å². The molecule has 1 saturated heterocycles. The summed E-state index contributed by atoms with van der Waals surface area (Å²) in [6, 6.07) is 16.8. The van der Waals surface area contributed by atoms with E-state index in [4.69, 9.17) is 11.6 Å². The van der Waals surface area contributed by atoms with Crippen molar-refractivity contribution in [2.45, 2.75) is 6.92 Å². The number of allylic oxidation sites excluding steroid dienone is 2. The topological polar surface area (TPSA) is 37.4 Å². The number of thioether (sulfide) groups is 1. The largest absolute Gasteiger partial charge is 0.298 e. The normalized spacial score (nSPS) is 17.0. The number of amides is 2. The zero-order valence-electron chi connectivity index (χ0n) is 12.9. The van der Waals surface area contributed by atoms with Crippen LogP contribution >= 0.6 is 23.4 Å². The van der Waals surface area contributed by atoms with Gasteiger partial charge in [-0.25, -0.2) is 4.90 Å². The van der Waals surface area contributed by atoms with E-state index in [1.165, 1.54) is 11.0 Å². The Bertz CT molecular complexity index is 859. The van der Waals surface area contributed by atoms with Crippen LogP contribution in [-0.2, 0) is 4.79 Å². The van der Waals surface area contributed by atoms with Crippen molar-refractivity contribution in [2.24, 2.45) is 0 Å². The first-order valence-electron chi connectivity index (χ1n) is 7.32. The Kier molecular flexibility index (Phi) is 4.88. The molecule has 120 valence electrons. The molecule has 0 saturated carbocycles. The van der Waals surface area contributed by atoms with Crippen molar-refractivity contribution in [1.82, 2.24) is 0 Å². The number of halogens is 1. The maximum Gasteiger partial charge on any atom is 0.298 e. The molecule has 3 rings (SSSR count). The molecule has 1 aliphatic rings. The predicted molar refractivity (Wildman–Crippen MR) is 100 cm³/mol. The SMILES string of the molecule is Cc1ccccc1N1C(=O)S/C(=C\C(Cl)=C\c2ccccc2)C1=O. The highest BCUT2D eigenvalue weighted by Gasteiger charge is 2.36. The average Bonchev–Trinajstić information content (AvgIpc) is 2.83. The Morgan fingerprint density at radius 3 is 2.42 bits per heavy atom. The maximum absolute atomic E-state index is 12.6. The molecule has 24 heavy (non-hydrogen) atoms. The molecule has 0 aromatic heterocycles. The first-order valence-corrected chi connectivity index (χ1v) is 8.51. The molecule has 1 aliphatic heterocycles. The standard InChI is InChI=1S/C19H14ClNO2S/c1-13-7-5-6-10-16(13)21-18(22)17(24-19(21)23)12-15(20)11-14-8-3-2-4-9-14/h2-12H,1H3/b15-11-,17-12-. The summed E-state index contributed by atoms with van der Waals surface area (Å²) in [5.74, 6) is -0.348. The minimum absolute atomic E-state index is 0.315. The molecule has 1 fully saturated rings. The number of imide groups is 1. The summed E-state index contributed by atoms with van der Waals surface area (Å²) in [5, 5.41) is 0.0845. The van der Waals surface area contributed by atoms with Crippen LogP contribution in [0, 0.1) is 6.92 Å². The molecule has 0 radical (unpaired) electrons. The van der Waals surface area contributed by atoms with E-state index < -0.39 is 0 Å². The lowest BCUT2D eigenvalue weighted by Crippen LogP contribution is -2.28. The number of carbonyl (C=O) groups is 2. The van der Waals surface area contributed by atoms with E-state index in [1.807, 2.05) is 49.4 Å². The van der Waals surface area contributed by atoms with E-state index in [2.05, 4.69) is 0 Å². The third-order valence-electron chi connectivity index (χ3n) is 3.52. The van der Waals surface area contributed by atoms with Crippen LogP contribution in [0.25, 0.3) is 6.08 Å². The number of aryl methyl sites for hydroxylation is 1. The lowest BCUT2D eigenvalue weighted by Gasteiger charge is -2.14. The van der Waals surface area contributed by atoms with Crippen LogP contribution in [0.1, 0.15) is 11.1 Å². The van der Waals surface area contributed by atoms with Crippen LogP contribution in [0.3, 0.4) is 0 Å². The highest BCUT2D eigenvalue weighted by atomic mass is 35.5. The van der Waals surface area contributed by atoms with Gasteiger partial charge in [0.1, 0.15) is 0 Å². The van der Waals surface area contributed by atoms with Crippen molar-refractivity contribution in [2.75, 3.05) is 4.90 Å². The van der Waals surface area contributed by atoms with E-state index in [-0.39, 0.29) is 11.1 Å². The fourth-order valence-electron chi connectivity index (χ4n) is 2.37. The van der Waals surface area contributed by atoms with Gasteiger partial charge < -0.3 is 0 Å². The van der Waals surface area contributed by atoms with E-state index in [0.29, 0.717) is 15.6 Å². The van der Waals surface area contributed by atoms with Gasteiger partial charge in [0.25, 0.3) is 11.1 Å². The summed E-state index contributed by atoms with van der Waals surface area (Å²) >= 11 is 7.12. The lowest BCUT2D eigenvalue weighted by atomic mass is 10.2. The Balaban J connectivity index is 1.89. The van der Waals surface area contributed by atoms with Crippen molar-refractivity contribution in [3.8, 4) is 0 Å². The highest BCUT2D eigenvalue weighted by Crippen LogP contribution is 2.36. The molecule has 0 aliphatic carbocycles. The highest BCUT2D eigenvalue weighted by molar-refractivity contribution is 8.18. The third-order valence-corrected chi connectivity index (χ3v) is 4.61. The van der Waals surface area contributed by atoms with Gasteiger partial charge in [0.05, 0.1) is 10.6 Å². The summed E-state index contributed by atoms with van der Waals surface area (Å²) in [4.78, 5) is 26.4. The molecule has 0 spiro atoms. The van der Waals surface area contributed by atoms with Gasteiger partial charge in [0.15, 0.2) is 0 Å². The summed E-state index contributed by atoms with van der Waals surface area (Å²) < 4.78 is 0. The summed E-state index contributed by atoms with van der Waals surface area (Å²) in [7, 11) is 0. The second-order valence-electron chi connectivity index (χ2n) is 5.24. The van der Waals surface area contributed by atoms with Crippen molar-refractivity contribution >= 4 is 46.3 Å². The van der Waals surface area contributed by atoms with Gasteiger partial charge in [0, 0.05) is 5.03 Å². The summed E-state index contributed by atoms with van der Waals surface area (Å²) in [6.45, 7) is 1.87. The molecule has 1 heterocycles. The Labute approximate surface area is 149 Å². The van der Waals surface area contributed by atoms with Crippen LogP contribution in [0.4, 0.5) is 10.5 Å². The van der Waals surface area contributed by atoms with E-state index in [1.54, 1.807) is 18.2 Å².